The summed E-state index contributed by atoms with van der Waals surface area (Å²) in [6.45, 7) is 3.61. The lowest BCUT2D eigenvalue weighted by atomic mass is 9.85. The second kappa shape index (κ2) is 5.84. The lowest BCUT2D eigenvalue weighted by Gasteiger charge is -2.44. The third-order valence-electron chi connectivity index (χ3n) is 4.61. The standard InChI is InChI=1S/C15H22N2O2S/c1-19-8-7-16-6-3-2-5-15(16)10-14(18)17(12-15)13-4-9-20-11-13/h4,9,11H,2-3,5-8,10,12H2,1H3. The van der Waals surface area contributed by atoms with Gasteiger partial charge in [0.2, 0.25) is 5.91 Å². The van der Waals surface area contributed by atoms with E-state index in [0.29, 0.717) is 6.42 Å². The molecule has 20 heavy (non-hydrogen) atoms. The fourth-order valence-corrected chi connectivity index (χ4v) is 4.18. The van der Waals surface area contributed by atoms with E-state index in [0.717, 1.165) is 38.3 Å². The van der Waals surface area contributed by atoms with Crippen LogP contribution < -0.4 is 4.90 Å². The number of hydrogen-bond acceptors (Lipinski definition) is 4. The van der Waals surface area contributed by atoms with Crippen molar-refractivity contribution in [2.45, 2.75) is 31.2 Å². The zero-order chi connectivity index (χ0) is 14.0. The Bertz CT molecular complexity index is 462. The van der Waals surface area contributed by atoms with Crippen molar-refractivity contribution < 1.29 is 9.53 Å². The minimum atomic E-state index is 0.0375. The summed E-state index contributed by atoms with van der Waals surface area (Å²) < 4.78 is 5.23. The normalized spacial score (nSPS) is 27.6. The van der Waals surface area contributed by atoms with Gasteiger partial charge in [0.25, 0.3) is 0 Å². The van der Waals surface area contributed by atoms with Crippen molar-refractivity contribution in [2.75, 3.05) is 38.3 Å². The van der Waals surface area contributed by atoms with Crippen molar-refractivity contribution in [3.63, 3.8) is 0 Å². The van der Waals surface area contributed by atoms with Crippen LogP contribution in [0.2, 0.25) is 0 Å². The molecule has 1 amide bonds. The molecule has 0 bridgehead atoms. The highest BCUT2D eigenvalue weighted by atomic mass is 32.1. The van der Waals surface area contributed by atoms with Gasteiger partial charge >= 0.3 is 0 Å². The molecule has 0 radical (unpaired) electrons. The van der Waals surface area contributed by atoms with Crippen LogP contribution in [0.5, 0.6) is 0 Å². The van der Waals surface area contributed by atoms with Crippen molar-refractivity contribution in [2.24, 2.45) is 0 Å². The maximum Gasteiger partial charge on any atom is 0.229 e. The number of amides is 1. The predicted octanol–water partition coefficient (Wildman–Crippen LogP) is 2.36. The minimum absolute atomic E-state index is 0.0375. The molecule has 0 N–H and O–H groups in total. The molecular weight excluding hydrogens is 272 g/mol. The van der Waals surface area contributed by atoms with Gasteiger partial charge in [-0.1, -0.05) is 6.42 Å². The molecule has 0 saturated carbocycles. The average molecular weight is 294 g/mol. The number of piperidine rings is 1. The number of carbonyl (C=O) groups excluding carboxylic acids is 1. The topological polar surface area (TPSA) is 32.8 Å². The Morgan fingerprint density at radius 1 is 1.45 bits per heavy atom. The van der Waals surface area contributed by atoms with Crippen LogP contribution in [-0.2, 0) is 9.53 Å². The Morgan fingerprint density at radius 3 is 3.10 bits per heavy atom. The molecule has 1 spiro atoms. The minimum Gasteiger partial charge on any atom is -0.383 e. The Kier molecular flexibility index (Phi) is 4.10. The summed E-state index contributed by atoms with van der Waals surface area (Å²) in [7, 11) is 1.74. The van der Waals surface area contributed by atoms with Gasteiger partial charge in [0.15, 0.2) is 0 Å². The number of hydrogen-bond donors (Lipinski definition) is 0. The molecule has 2 fully saturated rings. The number of anilines is 1. The van der Waals surface area contributed by atoms with E-state index in [9.17, 15) is 4.79 Å². The van der Waals surface area contributed by atoms with Gasteiger partial charge in [0, 0.05) is 37.5 Å². The smallest absolute Gasteiger partial charge is 0.229 e. The van der Waals surface area contributed by atoms with Crippen LogP contribution in [0.15, 0.2) is 16.8 Å². The quantitative estimate of drug-likeness (QED) is 0.854. The van der Waals surface area contributed by atoms with E-state index in [1.807, 2.05) is 16.3 Å². The molecule has 1 atom stereocenters. The zero-order valence-electron chi connectivity index (χ0n) is 12.0. The van der Waals surface area contributed by atoms with Crippen molar-refractivity contribution in [3.05, 3.63) is 16.8 Å². The molecule has 5 heteroatoms. The van der Waals surface area contributed by atoms with E-state index in [-0.39, 0.29) is 11.4 Å². The maximum atomic E-state index is 12.4. The highest BCUT2D eigenvalue weighted by molar-refractivity contribution is 7.08. The van der Waals surface area contributed by atoms with E-state index < -0.39 is 0 Å². The third-order valence-corrected chi connectivity index (χ3v) is 5.28. The lowest BCUT2D eigenvalue weighted by molar-refractivity contribution is -0.118. The number of methoxy groups -OCH3 is 1. The van der Waals surface area contributed by atoms with Crippen LogP contribution in [0.25, 0.3) is 0 Å². The molecule has 0 aromatic carbocycles. The van der Waals surface area contributed by atoms with Gasteiger partial charge in [-0.2, -0.15) is 11.3 Å². The zero-order valence-corrected chi connectivity index (χ0v) is 12.8. The molecule has 1 unspecified atom stereocenters. The number of likely N-dealkylation sites (tertiary alicyclic amines) is 1. The van der Waals surface area contributed by atoms with Gasteiger partial charge in [-0.15, -0.1) is 0 Å². The Labute approximate surface area is 124 Å². The van der Waals surface area contributed by atoms with Crippen molar-refractivity contribution in [1.82, 2.24) is 4.90 Å². The molecule has 2 saturated heterocycles. The monoisotopic (exact) mass is 294 g/mol. The molecule has 2 aliphatic rings. The molecule has 2 aliphatic heterocycles. The molecule has 1 aromatic heterocycles. The summed E-state index contributed by atoms with van der Waals surface area (Å²) >= 11 is 1.65. The van der Waals surface area contributed by atoms with Crippen LogP contribution in [0, 0.1) is 0 Å². The molecular formula is C15H22N2O2S. The Morgan fingerprint density at radius 2 is 2.35 bits per heavy atom. The molecule has 3 heterocycles. The Hall–Kier alpha value is -0.910. The highest BCUT2D eigenvalue weighted by Crippen LogP contribution is 2.39. The predicted molar refractivity (Wildman–Crippen MR) is 81.3 cm³/mol. The van der Waals surface area contributed by atoms with Gasteiger partial charge < -0.3 is 9.64 Å². The molecule has 0 aliphatic carbocycles. The van der Waals surface area contributed by atoms with Gasteiger partial charge in [0.1, 0.15) is 0 Å². The number of nitrogens with zero attached hydrogens (tertiary/aromatic N) is 2. The molecule has 4 nitrogen and oxygen atoms in total. The highest BCUT2D eigenvalue weighted by Gasteiger charge is 2.48. The van der Waals surface area contributed by atoms with E-state index in [1.54, 1.807) is 18.4 Å². The van der Waals surface area contributed by atoms with E-state index in [4.69, 9.17) is 4.74 Å². The third kappa shape index (κ3) is 2.50. The van der Waals surface area contributed by atoms with Crippen molar-refractivity contribution in [1.29, 1.82) is 0 Å². The largest absolute Gasteiger partial charge is 0.383 e. The summed E-state index contributed by atoms with van der Waals surface area (Å²) in [6, 6.07) is 2.05. The second-order valence-electron chi connectivity index (χ2n) is 5.80. The van der Waals surface area contributed by atoms with Crippen LogP contribution in [0.1, 0.15) is 25.7 Å². The number of thiophene rings is 1. The number of rotatable bonds is 4. The van der Waals surface area contributed by atoms with Crippen molar-refractivity contribution >= 4 is 22.9 Å². The summed E-state index contributed by atoms with van der Waals surface area (Å²) in [6.07, 6.45) is 4.25. The van der Waals surface area contributed by atoms with Crippen molar-refractivity contribution in [3.8, 4) is 0 Å². The Balaban J connectivity index is 1.79. The van der Waals surface area contributed by atoms with Gasteiger partial charge in [-0.25, -0.2) is 0 Å². The summed E-state index contributed by atoms with van der Waals surface area (Å²) in [5.74, 6) is 0.271. The van der Waals surface area contributed by atoms with Gasteiger partial charge in [0.05, 0.1) is 12.3 Å². The molecule has 110 valence electrons. The SMILES string of the molecule is COCCN1CCCCC12CC(=O)N(c1ccsc1)C2. The van der Waals surface area contributed by atoms with E-state index in [2.05, 4.69) is 10.3 Å². The first-order valence-corrected chi connectivity index (χ1v) is 8.26. The first-order chi connectivity index (χ1) is 9.75. The second-order valence-corrected chi connectivity index (χ2v) is 6.58. The van der Waals surface area contributed by atoms with Gasteiger partial charge in [-0.05, 0) is 30.8 Å². The first-order valence-electron chi connectivity index (χ1n) is 7.32. The molecule has 3 rings (SSSR count). The fraction of sp³-hybridized carbons (Fsp3) is 0.667. The number of carbonyl (C=O) groups is 1. The lowest BCUT2D eigenvalue weighted by Crippen LogP contribution is -2.54. The van der Waals surface area contributed by atoms with Crippen LogP contribution in [-0.4, -0.2) is 49.7 Å². The number of ether oxygens (including phenoxy) is 1. The van der Waals surface area contributed by atoms with Crippen LogP contribution >= 0.6 is 11.3 Å². The average Bonchev–Trinajstić information content (AvgIpc) is 3.07. The first kappa shape index (κ1) is 14.0. The summed E-state index contributed by atoms with van der Waals surface area (Å²) in [4.78, 5) is 16.9. The van der Waals surface area contributed by atoms with E-state index in [1.165, 1.54) is 12.8 Å². The summed E-state index contributed by atoms with van der Waals surface area (Å²) in [5, 5.41) is 4.11. The van der Waals surface area contributed by atoms with Gasteiger partial charge in [-0.3, -0.25) is 9.69 Å². The van der Waals surface area contributed by atoms with Crippen LogP contribution in [0.3, 0.4) is 0 Å². The van der Waals surface area contributed by atoms with E-state index >= 15 is 0 Å². The molecule has 1 aromatic rings. The maximum absolute atomic E-state index is 12.4. The summed E-state index contributed by atoms with van der Waals surface area (Å²) in [5.41, 5.74) is 1.10. The fourth-order valence-electron chi connectivity index (χ4n) is 3.54. The van der Waals surface area contributed by atoms with Crippen LogP contribution in [0.4, 0.5) is 5.69 Å².